The second-order valence-electron chi connectivity index (χ2n) is 7.22. The van der Waals surface area contributed by atoms with Crippen LogP contribution < -0.4 is 14.4 Å². The summed E-state index contributed by atoms with van der Waals surface area (Å²) >= 11 is 0. The van der Waals surface area contributed by atoms with Crippen LogP contribution in [0.15, 0.2) is 77.7 Å². The minimum Gasteiger partial charge on any atom is -0.492 e. The molecule has 4 rings (SSSR count). The van der Waals surface area contributed by atoms with E-state index in [-0.39, 0.29) is 10.8 Å². The van der Waals surface area contributed by atoms with Crippen molar-refractivity contribution < 1.29 is 17.9 Å². The van der Waals surface area contributed by atoms with Gasteiger partial charge in [-0.05, 0) is 67.8 Å². The van der Waals surface area contributed by atoms with Gasteiger partial charge >= 0.3 is 0 Å². The summed E-state index contributed by atoms with van der Waals surface area (Å²) in [7, 11) is -3.65. The maximum Gasteiger partial charge on any atom is 0.264 e. The minimum absolute atomic E-state index is 0.261. The van der Waals surface area contributed by atoms with E-state index in [9.17, 15) is 13.2 Å². The fourth-order valence-corrected chi connectivity index (χ4v) is 5.28. The number of carbonyl (C=O) groups is 1. The summed E-state index contributed by atoms with van der Waals surface area (Å²) in [6.07, 6.45) is 1.41. The Hall–Kier alpha value is -3.32. The first-order chi connectivity index (χ1) is 15.0. The number of ether oxygens (including phenoxy) is 1. The zero-order valence-corrected chi connectivity index (χ0v) is 18.1. The number of sulfonamides is 1. The van der Waals surface area contributed by atoms with Gasteiger partial charge in [-0.1, -0.05) is 30.3 Å². The van der Waals surface area contributed by atoms with Crippen LogP contribution in [0.4, 0.5) is 11.4 Å². The predicted octanol–water partition coefficient (Wildman–Crippen LogP) is 4.48. The van der Waals surface area contributed by atoms with Crippen LogP contribution in [0, 0.1) is 0 Å². The van der Waals surface area contributed by atoms with Gasteiger partial charge in [0.1, 0.15) is 5.75 Å². The normalized spacial score (nSPS) is 13.4. The molecule has 3 aromatic carbocycles. The van der Waals surface area contributed by atoms with Crippen molar-refractivity contribution in [3.05, 3.63) is 83.9 Å². The van der Waals surface area contributed by atoms with Crippen molar-refractivity contribution in [1.29, 1.82) is 0 Å². The Bertz CT molecular complexity index is 1190. The van der Waals surface area contributed by atoms with E-state index < -0.39 is 10.0 Å². The molecule has 0 unspecified atom stereocenters. The summed E-state index contributed by atoms with van der Waals surface area (Å²) < 4.78 is 33.3. The lowest BCUT2D eigenvalue weighted by Gasteiger charge is -2.30. The molecule has 7 heteroatoms. The van der Waals surface area contributed by atoms with Crippen molar-refractivity contribution in [2.45, 2.75) is 24.7 Å². The van der Waals surface area contributed by atoms with Crippen molar-refractivity contribution in [3.8, 4) is 5.75 Å². The highest BCUT2D eigenvalue weighted by Gasteiger charge is 2.29. The van der Waals surface area contributed by atoms with Crippen molar-refractivity contribution in [2.24, 2.45) is 0 Å². The fraction of sp³-hybridized carbons (Fsp3) is 0.208. The topological polar surface area (TPSA) is 75.7 Å². The Morgan fingerprint density at radius 2 is 1.77 bits per heavy atom. The van der Waals surface area contributed by atoms with Gasteiger partial charge in [0.15, 0.2) is 0 Å². The van der Waals surface area contributed by atoms with E-state index in [0.717, 1.165) is 5.56 Å². The Morgan fingerprint density at radius 1 is 1.03 bits per heavy atom. The molecule has 3 aromatic rings. The molecule has 1 N–H and O–H groups in total. The molecule has 0 spiro atoms. The molecule has 6 nitrogen and oxygen atoms in total. The number of para-hydroxylation sites is 2. The SMILES string of the molecule is CCOc1ccccc1NC(=O)c1ccc2c(c1)CCCN2S(=O)(=O)c1ccccc1. The first kappa shape index (κ1) is 20.9. The van der Waals surface area contributed by atoms with Crippen LogP contribution in [0.25, 0.3) is 0 Å². The summed E-state index contributed by atoms with van der Waals surface area (Å²) in [5.74, 6) is 0.342. The van der Waals surface area contributed by atoms with Crippen molar-refractivity contribution in [3.63, 3.8) is 0 Å². The quantitative estimate of drug-likeness (QED) is 0.618. The molecule has 0 saturated carbocycles. The fourth-order valence-electron chi connectivity index (χ4n) is 3.72. The third kappa shape index (κ3) is 4.27. The second-order valence-corrected chi connectivity index (χ2v) is 9.08. The lowest BCUT2D eigenvalue weighted by Crippen LogP contribution is -2.35. The first-order valence-corrected chi connectivity index (χ1v) is 11.7. The average molecular weight is 437 g/mol. The highest BCUT2D eigenvalue weighted by molar-refractivity contribution is 7.92. The number of anilines is 2. The van der Waals surface area contributed by atoms with Gasteiger partial charge in [0.25, 0.3) is 15.9 Å². The van der Waals surface area contributed by atoms with Gasteiger partial charge < -0.3 is 10.1 Å². The van der Waals surface area contributed by atoms with Gasteiger partial charge in [0, 0.05) is 12.1 Å². The third-order valence-corrected chi connectivity index (χ3v) is 7.01. The number of rotatable bonds is 6. The van der Waals surface area contributed by atoms with E-state index in [1.807, 2.05) is 19.1 Å². The molecule has 1 amide bonds. The molecule has 0 aromatic heterocycles. The Balaban J connectivity index is 1.61. The maximum absolute atomic E-state index is 13.1. The largest absolute Gasteiger partial charge is 0.492 e. The molecule has 0 fully saturated rings. The summed E-state index contributed by atoms with van der Waals surface area (Å²) in [6.45, 7) is 2.80. The van der Waals surface area contributed by atoms with Gasteiger partial charge in [-0.25, -0.2) is 8.42 Å². The monoisotopic (exact) mass is 436 g/mol. The number of nitrogens with zero attached hydrogens (tertiary/aromatic N) is 1. The molecule has 31 heavy (non-hydrogen) atoms. The van der Waals surface area contributed by atoms with Crippen molar-refractivity contribution in [1.82, 2.24) is 0 Å². The number of carbonyl (C=O) groups excluding carboxylic acids is 1. The van der Waals surface area contributed by atoms with Crippen LogP contribution in [-0.2, 0) is 16.4 Å². The van der Waals surface area contributed by atoms with Gasteiger partial charge in [0.05, 0.1) is 22.9 Å². The molecule has 0 aliphatic carbocycles. The summed E-state index contributed by atoms with van der Waals surface area (Å²) in [6, 6.07) is 20.8. The number of amides is 1. The number of fused-ring (bicyclic) bond motifs is 1. The van der Waals surface area contributed by atoms with Crippen LogP contribution in [0.5, 0.6) is 5.75 Å². The molecule has 0 saturated heterocycles. The molecule has 0 radical (unpaired) electrons. The standard InChI is InChI=1S/C24H24N2O4S/c1-2-30-23-13-7-6-12-21(23)25-24(27)19-14-15-22-18(17-19)9-8-16-26(22)31(28,29)20-10-4-3-5-11-20/h3-7,10-15,17H,2,8-9,16H2,1H3,(H,25,27). The van der Waals surface area contributed by atoms with E-state index in [1.165, 1.54) is 4.31 Å². The zero-order valence-electron chi connectivity index (χ0n) is 17.2. The Kier molecular flexibility index (Phi) is 5.95. The third-order valence-electron chi connectivity index (χ3n) is 5.18. The molecule has 160 valence electrons. The summed E-state index contributed by atoms with van der Waals surface area (Å²) in [4.78, 5) is 13.1. The molecule has 0 atom stereocenters. The highest BCUT2D eigenvalue weighted by Crippen LogP contribution is 2.33. The van der Waals surface area contributed by atoms with Crippen LogP contribution in [0.2, 0.25) is 0 Å². The molecular weight excluding hydrogens is 412 g/mol. The smallest absolute Gasteiger partial charge is 0.264 e. The molecule has 1 aliphatic rings. The van der Waals surface area contributed by atoms with Crippen LogP contribution >= 0.6 is 0 Å². The van der Waals surface area contributed by atoms with Crippen molar-refractivity contribution >= 4 is 27.3 Å². The first-order valence-electron chi connectivity index (χ1n) is 10.2. The van der Waals surface area contributed by atoms with Crippen LogP contribution in [-0.4, -0.2) is 27.5 Å². The molecule has 1 heterocycles. The highest BCUT2D eigenvalue weighted by atomic mass is 32.2. The molecule has 0 bridgehead atoms. The summed E-state index contributed by atoms with van der Waals surface area (Å²) in [5, 5.41) is 2.89. The van der Waals surface area contributed by atoms with Gasteiger partial charge in [-0.2, -0.15) is 0 Å². The number of benzene rings is 3. The molecule has 1 aliphatic heterocycles. The average Bonchev–Trinajstić information content (AvgIpc) is 2.80. The Labute approximate surface area is 182 Å². The minimum atomic E-state index is -3.65. The maximum atomic E-state index is 13.1. The van der Waals surface area contributed by atoms with Crippen LogP contribution in [0.1, 0.15) is 29.3 Å². The van der Waals surface area contributed by atoms with Crippen LogP contribution in [0.3, 0.4) is 0 Å². The zero-order chi connectivity index (χ0) is 21.8. The molecular formula is C24H24N2O4S. The number of nitrogens with one attached hydrogen (secondary N) is 1. The second kappa shape index (κ2) is 8.81. The lowest BCUT2D eigenvalue weighted by atomic mass is 10.0. The number of aryl methyl sites for hydroxylation is 1. The predicted molar refractivity (Wildman–Crippen MR) is 121 cm³/mol. The van der Waals surface area contributed by atoms with E-state index >= 15 is 0 Å². The lowest BCUT2D eigenvalue weighted by molar-refractivity contribution is 0.102. The van der Waals surface area contributed by atoms with E-state index in [4.69, 9.17) is 4.74 Å². The van der Waals surface area contributed by atoms with E-state index in [0.29, 0.717) is 48.7 Å². The van der Waals surface area contributed by atoms with Crippen molar-refractivity contribution in [2.75, 3.05) is 22.8 Å². The summed E-state index contributed by atoms with van der Waals surface area (Å²) in [5.41, 5.74) is 2.54. The number of hydrogen-bond donors (Lipinski definition) is 1. The Morgan fingerprint density at radius 3 is 2.55 bits per heavy atom. The van der Waals surface area contributed by atoms with E-state index in [1.54, 1.807) is 60.7 Å². The number of hydrogen-bond acceptors (Lipinski definition) is 4. The van der Waals surface area contributed by atoms with E-state index in [2.05, 4.69) is 5.32 Å². The van der Waals surface area contributed by atoms with Gasteiger partial charge in [0.2, 0.25) is 0 Å². The van der Waals surface area contributed by atoms with Gasteiger partial charge in [-0.15, -0.1) is 0 Å². The van der Waals surface area contributed by atoms with Gasteiger partial charge in [-0.3, -0.25) is 9.10 Å².